The summed E-state index contributed by atoms with van der Waals surface area (Å²) < 4.78 is 25.2. The SMILES string of the molecule is CC(NC(=O)CSc1nnc(CC2CCS(=O)(=O)C2)n1C)c1cccc2ccccc12. The fraction of sp³-hybridized carbons (Fsp3) is 0.409. The molecule has 1 amide bonds. The summed E-state index contributed by atoms with van der Waals surface area (Å²) in [5.41, 5.74) is 1.09. The van der Waals surface area contributed by atoms with Gasteiger partial charge in [0.05, 0.1) is 23.3 Å². The van der Waals surface area contributed by atoms with Crippen LogP contribution in [-0.2, 0) is 28.1 Å². The molecule has 0 aliphatic carbocycles. The molecule has 0 bridgehead atoms. The van der Waals surface area contributed by atoms with Crippen LogP contribution in [0.1, 0.15) is 30.8 Å². The maximum absolute atomic E-state index is 12.5. The van der Waals surface area contributed by atoms with Crippen molar-refractivity contribution < 1.29 is 13.2 Å². The molecule has 31 heavy (non-hydrogen) atoms. The summed E-state index contributed by atoms with van der Waals surface area (Å²) in [6.07, 6.45) is 1.26. The Morgan fingerprint density at radius 2 is 2.00 bits per heavy atom. The normalized spacial score (nSPS) is 18.8. The summed E-state index contributed by atoms with van der Waals surface area (Å²) in [5.74, 6) is 1.49. The molecule has 2 unspecified atom stereocenters. The van der Waals surface area contributed by atoms with Crippen LogP contribution in [0.15, 0.2) is 47.6 Å². The molecule has 1 aliphatic rings. The molecule has 0 radical (unpaired) electrons. The Bertz CT molecular complexity index is 1200. The third-order valence-electron chi connectivity index (χ3n) is 5.72. The molecule has 164 valence electrons. The van der Waals surface area contributed by atoms with Gasteiger partial charge in [0.25, 0.3) is 0 Å². The van der Waals surface area contributed by atoms with Crippen LogP contribution in [0.4, 0.5) is 0 Å². The number of hydrogen-bond acceptors (Lipinski definition) is 6. The molecule has 1 saturated heterocycles. The van der Waals surface area contributed by atoms with Crippen LogP contribution in [0.2, 0.25) is 0 Å². The lowest BCUT2D eigenvalue weighted by atomic mass is 10.00. The van der Waals surface area contributed by atoms with E-state index in [9.17, 15) is 13.2 Å². The van der Waals surface area contributed by atoms with Gasteiger partial charge in [-0.2, -0.15) is 0 Å². The van der Waals surface area contributed by atoms with Crippen molar-refractivity contribution in [2.75, 3.05) is 17.3 Å². The van der Waals surface area contributed by atoms with Crippen LogP contribution < -0.4 is 5.32 Å². The van der Waals surface area contributed by atoms with Crippen molar-refractivity contribution in [3.63, 3.8) is 0 Å². The number of carbonyl (C=O) groups excluding carboxylic acids is 1. The van der Waals surface area contributed by atoms with Gasteiger partial charge in [0.15, 0.2) is 15.0 Å². The molecule has 0 saturated carbocycles. The number of sulfone groups is 1. The van der Waals surface area contributed by atoms with Crippen LogP contribution >= 0.6 is 11.8 Å². The molecule has 1 aromatic heterocycles. The number of nitrogens with one attached hydrogen (secondary N) is 1. The zero-order valence-electron chi connectivity index (χ0n) is 17.6. The summed E-state index contributed by atoms with van der Waals surface area (Å²) in [6.45, 7) is 1.99. The highest BCUT2D eigenvalue weighted by atomic mass is 32.2. The van der Waals surface area contributed by atoms with Gasteiger partial charge in [-0.3, -0.25) is 4.79 Å². The van der Waals surface area contributed by atoms with Crippen molar-refractivity contribution in [3.05, 3.63) is 53.9 Å². The van der Waals surface area contributed by atoms with Gasteiger partial charge in [-0.05, 0) is 35.6 Å². The van der Waals surface area contributed by atoms with Crippen LogP contribution in [-0.4, -0.2) is 46.3 Å². The topological polar surface area (TPSA) is 94.0 Å². The molecule has 4 rings (SSSR count). The number of fused-ring (bicyclic) bond motifs is 1. The largest absolute Gasteiger partial charge is 0.349 e. The van der Waals surface area contributed by atoms with Crippen LogP contribution in [0.3, 0.4) is 0 Å². The Hall–Kier alpha value is -2.39. The molecule has 1 N–H and O–H groups in total. The Balaban J connectivity index is 1.34. The summed E-state index contributed by atoms with van der Waals surface area (Å²) in [5, 5.41) is 14.4. The maximum Gasteiger partial charge on any atom is 0.230 e. The van der Waals surface area contributed by atoms with Gasteiger partial charge in [0.2, 0.25) is 5.91 Å². The summed E-state index contributed by atoms with van der Waals surface area (Å²) >= 11 is 1.33. The maximum atomic E-state index is 12.5. The average molecular weight is 459 g/mol. The van der Waals surface area contributed by atoms with E-state index < -0.39 is 9.84 Å². The molecule has 1 aliphatic heterocycles. The predicted octanol–water partition coefficient (Wildman–Crippen LogP) is 2.92. The van der Waals surface area contributed by atoms with Crippen molar-refractivity contribution in [2.24, 2.45) is 13.0 Å². The molecule has 2 aromatic carbocycles. The first-order valence-corrected chi connectivity index (χ1v) is 13.1. The fourth-order valence-corrected chi connectivity index (χ4v) is 6.66. The second-order valence-electron chi connectivity index (χ2n) is 8.08. The number of benzene rings is 2. The molecular formula is C22H26N4O3S2. The van der Waals surface area contributed by atoms with Crippen molar-refractivity contribution in [3.8, 4) is 0 Å². The van der Waals surface area contributed by atoms with E-state index in [0.717, 1.165) is 22.2 Å². The van der Waals surface area contributed by atoms with E-state index in [-0.39, 0.29) is 35.1 Å². The lowest BCUT2D eigenvalue weighted by molar-refractivity contribution is -0.119. The quantitative estimate of drug-likeness (QED) is 0.547. The minimum atomic E-state index is -2.91. The highest BCUT2D eigenvalue weighted by Gasteiger charge is 2.29. The van der Waals surface area contributed by atoms with Crippen molar-refractivity contribution in [2.45, 2.75) is 31.0 Å². The highest BCUT2D eigenvalue weighted by Crippen LogP contribution is 2.25. The number of carbonyl (C=O) groups is 1. The van der Waals surface area contributed by atoms with Crippen LogP contribution in [0, 0.1) is 5.92 Å². The fourth-order valence-electron chi connectivity index (χ4n) is 4.06. The predicted molar refractivity (Wildman–Crippen MR) is 123 cm³/mol. The second kappa shape index (κ2) is 9.00. The van der Waals surface area contributed by atoms with E-state index in [0.29, 0.717) is 18.0 Å². The molecule has 9 heteroatoms. The van der Waals surface area contributed by atoms with Gasteiger partial charge in [0, 0.05) is 13.5 Å². The van der Waals surface area contributed by atoms with Crippen molar-refractivity contribution in [1.29, 1.82) is 0 Å². The summed E-state index contributed by atoms with van der Waals surface area (Å²) in [7, 11) is -1.05. The van der Waals surface area contributed by atoms with Crippen molar-refractivity contribution >= 4 is 38.3 Å². The van der Waals surface area contributed by atoms with Gasteiger partial charge in [-0.15, -0.1) is 10.2 Å². The van der Waals surface area contributed by atoms with E-state index in [2.05, 4.69) is 33.7 Å². The van der Waals surface area contributed by atoms with E-state index >= 15 is 0 Å². The number of rotatable bonds is 7. The molecule has 3 aromatic rings. The van der Waals surface area contributed by atoms with Crippen LogP contribution in [0.25, 0.3) is 10.8 Å². The lowest BCUT2D eigenvalue weighted by Crippen LogP contribution is -2.28. The monoisotopic (exact) mass is 458 g/mol. The number of amides is 1. The lowest BCUT2D eigenvalue weighted by Gasteiger charge is -2.16. The molecule has 0 spiro atoms. The Kier molecular flexibility index (Phi) is 6.34. The number of nitrogens with zero attached hydrogens (tertiary/aromatic N) is 3. The smallest absolute Gasteiger partial charge is 0.230 e. The van der Waals surface area contributed by atoms with Gasteiger partial charge < -0.3 is 9.88 Å². The average Bonchev–Trinajstić information content (AvgIpc) is 3.27. The molecule has 1 fully saturated rings. The Morgan fingerprint density at radius 3 is 2.77 bits per heavy atom. The van der Waals surface area contributed by atoms with Gasteiger partial charge in [0.1, 0.15) is 5.82 Å². The highest BCUT2D eigenvalue weighted by molar-refractivity contribution is 7.99. The zero-order valence-corrected chi connectivity index (χ0v) is 19.2. The summed E-state index contributed by atoms with van der Waals surface area (Å²) in [6, 6.07) is 14.1. The first-order chi connectivity index (χ1) is 14.8. The van der Waals surface area contributed by atoms with Crippen LogP contribution in [0.5, 0.6) is 0 Å². The number of thioether (sulfide) groups is 1. The van der Waals surface area contributed by atoms with Crippen molar-refractivity contribution in [1.82, 2.24) is 20.1 Å². The molecule has 2 heterocycles. The minimum Gasteiger partial charge on any atom is -0.349 e. The first-order valence-electron chi connectivity index (χ1n) is 10.3. The minimum absolute atomic E-state index is 0.0723. The number of aromatic nitrogens is 3. The molecular weight excluding hydrogens is 432 g/mol. The Labute approximate surface area is 186 Å². The van der Waals surface area contributed by atoms with Gasteiger partial charge in [-0.1, -0.05) is 54.2 Å². The Morgan fingerprint density at radius 1 is 1.23 bits per heavy atom. The molecule has 2 atom stereocenters. The zero-order chi connectivity index (χ0) is 22.0. The molecule has 7 nitrogen and oxygen atoms in total. The first kappa shape index (κ1) is 21.8. The van der Waals surface area contributed by atoms with E-state index in [4.69, 9.17) is 0 Å². The van der Waals surface area contributed by atoms with E-state index in [1.165, 1.54) is 11.8 Å². The second-order valence-corrected chi connectivity index (χ2v) is 11.2. The third-order valence-corrected chi connectivity index (χ3v) is 8.58. The third kappa shape index (κ3) is 5.10. The van der Waals surface area contributed by atoms with E-state index in [1.54, 1.807) is 0 Å². The van der Waals surface area contributed by atoms with Gasteiger partial charge in [-0.25, -0.2) is 8.42 Å². The van der Waals surface area contributed by atoms with Gasteiger partial charge >= 0.3 is 0 Å². The standard InChI is InChI=1S/C22H26N4O3S2/c1-15(18-9-5-7-17-6-3-4-8-19(17)18)23-21(27)13-30-22-25-24-20(26(22)2)12-16-10-11-31(28,29)14-16/h3-9,15-16H,10-14H2,1-2H3,(H,23,27). The number of hydrogen-bond donors (Lipinski definition) is 1. The summed E-state index contributed by atoms with van der Waals surface area (Å²) in [4.78, 5) is 12.5. The van der Waals surface area contributed by atoms with E-state index in [1.807, 2.05) is 42.8 Å².